The first-order chi connectivity index (χ1) is 17.4. The van der Waals surface area contributed by atoms with Crippen molar-refractivity contribution in [2.75, 3.05) is 6.16 Å². The van der Waals surface area contributed by atoms with E-state index in [0.29, 0.717) is 5.66 Å². The minimum atomic E-state index is -0.535. The van der Waals surface area contributed by atoms with Crippen LogP contribution in [0.3, 0.4) is 0 Å². The smallest absolute Gasteiger partial charge is 0.00430 e. The molecule has 0 saturated carbocycles. The average Bonchev–Trinajstić information content (AvgIpc) is 2.94. The van der Waals surface area contributed by atoms with E-state index >= 15 is 0 Å². The van der Waals surface area contributed by atoms with Gasteiger partial charge in [0.2, 0.25) is 0 Å². The molecule has 0 aliphatic heterocycles. The summed E-state index contributed by atoms with van der Waals surface area (Å²) < 4.78 is 0. The average molecular weight is 489 g/mol. The molecule has 0 aliphatic rings. The summed E-state index contributed by atoms with van der Waals surface area (Å²) in [5.41, 5.74) is 1.94. The Balaban J connectivity index is 1.61. The van der Waals surface area contributed by atoms with Crippen molar-refractivity contribution in [3.8, 4) is 0 Å². The lowest BCUT2D eigenvalue weighted by molar-refractivity contribution is 0.943. The van der Waals surface area contributed by atoms with Crippen LogP contribution in [0.2, 0.25) is 0 Å². The maximum atomic E-state index is 2.34. The molecule has 0 spiro atoms. The summed E-state index contributed by atoms with van der Waals surface area (Å²) in [4.78, 5) is 0. The Kier molecular flexibility index (Phi) is 8.18. The summed E-state index contributed by atoms with van der Waals surface area (Å²) in [6.07, 6.45) is 2.24. The largest absolute Gasteiger partial charge is 0.0622 e. The van der Waals surface area contributed by atoms with Crippen LogP contribution in [0.15, 0.2) is 152 Å². The molecule has 0 unspecified atom stereocenters. The number of rotatable bonds is 9. The summed E-state index contributed by atoms with van der Waals surface area (Å²) >= 11 is 0. The molecular weight excluding hydrogens is 458 g/mol. The highest BCUT2D eigenvalue weighted by Gasteiger charge is 2.29. The van der Waals surface area contributed by atoms with E-state index in [0.717, 1.165) is 12.6 Å². The van der Waals surface area contributed by atoms with Crippen LogP contribution in [0.25, 0.3) is 0 Å². The molecule has 0 bridgehead atoms. The Labute approximate surface area is 212 Å². The molecule has 1 atom stereocenters. The van der Waals surface area contributed by atoms with Gasteiger partial charge < -0.3 is 0 Å². The molecule has 0 heterocycles. The fourth-order valence-corrected chi connectivity index (χ4v) is 10.7. The summed E-state index contributed by atoms with van der Waals surface area (Å²) in [6.45, 7) is 0. The zero-order valence-corrected chi connectivity index (χ0v) is 21.6. The van der Waals surface area contributed by atoms with E-state index in [1.54, 1.807) is 0 Å². The lowest BCUT2D eigenvalue weighted by Gasteiger charge is -2.32. The SMILES string of the molecule is c1ccc(C[C@H](CP(c2ccccc2)c2ccccc2)P(c2ccccc2)c2ccccc2)cc1. The minimum absolute atomic E-state index is 0.483. The standard InChI is InChI=1S/C33H30P2/c1-6-16-28(17-7-1)26-33(35(31-22-12-4-13-23-31)32-24-14-5-15-25-32)27-34(29-18-8-2-9-19-29)30-20-10-3-11-21-30/h1-25,33H,26-27H2/t33-/m1/s1. The first kappa shape index (κ1) is 23.7. The van der Waals surface area contributed by atoms with E-state index in [1.807, 2.05) is 0 Å². The van der Waals surface area contributed by atoms with Gasteiger partial charge in [-0.25, -0.2) is 0 Å². The Bertz CT molecular complexity index is 1190. The van der Waals surface area contributed by atoms with E-state index in [9.17, 15) is 0 Å². The monoisotopic (exact) mass is 488 g/mol. The molecule has 0 fully saturated rings. The molecule has 5 aromatic carbocycles. The molecule has 35 heavy (non-hydrogen) atoms. The molecule has 0 saturated heterocycles. The molecule has 5 aromatic rings. The summed E-state index contributed by atoms with van der Waals surface area (Å²) in [7, 11) is -1.02. The molecule has 172 valence electrons. The Hall–Kier alpha value is -3.04. The molecule has 0 amide bonds. The van der Waals surface area contributed by atoms with Gasteiger partial charge in [0.25, 0.3) is 0 Å². The van der Waals surface area contributed by atoms with Gasteiger partial charge in [-0.15, -0.1) is 0 Å². The van der Waals surface area contributed by atoms with Crippen LogP contribution in [-0.4, -0.2) is 11.8 Å². The third kappa shape index (κ3) is 6.15. The van der Waals surface area contributed by atoms with Crippen molar-refractivity contribution in [2.45, 2.75) is 12.1 Å². The second-order valence-corrected chi connectivity index (χ2v) is 13.4. The second-order valence-electron chi connectivity index (χ2n) is 8.67. The van der Waals surface area contributed by atoms with Crippen LogP contribution < -0.4 is 21.2 Å². The highest BCUT2D eigenvalue weighted by atomic mass is 31.1. The first-order valence-electron chi connectivity index (χ1n) is 12.2. The Morgan fingerprint density at radius 1 is 0.400 bits per heavy atom. The van der Waals surface area contributed by atoms with Crippen molar-refractivity contribution in [2.24, 2.45) is 0 Å². The van der Waals surface area contributed by atoms with Gasteiger partial charge in [0.15, 0.2) is 0 Å². The van der Waals surface area contributed by atoms with Crippen LogP contribution in [-0.2, 0) is 6.42 Å². The van der Waals surface area contributed by atoms with Crippen LogP contribution in [0, 0.1) is 0 Å². The van der Waals surface area contributed by atoms with E-state index in [1.165, 1.54) is 26.8 Å². The van der Waals surface area contributed by atoms with E-state index < -0.39 is 15.8 Å². The van der Waals surface area contributed by atoms with Crippen LogP contribution in [0.1, 0.15) is 5.56 Å². The zero-order valence-electron chi connectivity index (χ0n) is 19.8. The third-order valence-electron chi connectivity index (χ3n) is 6.28. The molecule has 0 aliphatic carbocycles. The van der Waals surface area contributed by atoms with E-state index in [-0.39, 0.29) is 0 Å². The first-order valence-corrected chi connectivity index (χ1v) is 15.1. The van der Waals surface area contributed by atoms with Crippen molar-refractivity contribution in [3.63, 3.8) is 0 Å². The predicted molar refractivity (Wildman–Crippen MR) is 157 cm³/mol. The number of hydrogen-bond acceptors (Lipinski definition) is 0. The van der Waals surface area contributed by atoms with E-state index in [4.69, 9.17) is 0 Å². The van der Waals surface area contributed by atoms with Gasteiger partial charge in [0, 0.05) is 0 Å². The number of benzene rings is 5. The highest BCUT2D eigenvalue weighted by Crippen LogP contribution is 2.47. The van der Waals surface area contributed by atoms with Gasteiger partial charge in [-0.1, -0.05) is 152 Å². The zero-order chi connectivity index (χ0) is 23.7. The van der Waals surface area contributed by atoms with Crippen LogP contribution in [0.4, 0.5) is 0 Å². The van der Waals surface area contributed by atoms with E-state index in [2.05, 4.69) is 152 Å². The fraction of sp³-hybridized carbons (Fsp3) is 0.0909. The van der Waals surface area contributed by atoms with Gasteiger partial charge in [-0.2, -0.15) is 0 Å². The molecule has 5 rings (SSSR count). The van der Waals surface area contributed by atoms with Crippen molar-refractivity contribution >= 4 is 37.1 Å². The van der Waals surface area contributed by atoms with Crippen molar-refractivity contribution < 1.29 is 0 Å². The predicted octanol–water partition coefficient (Wildman–Crippen LogP) is 6.86. The maximum Gasteiger partial charge on any atom is -0.00430 e. The van der Waals surface area contributed by atoms with Crippen molar-refractivity contribution in [3.05, 3.63) is 157 Å². The fourth-order valence-electron chi connectivity index (χ4n) is 4.66. The van der Waals surface area contributed by atoms with Crippen molar-refractivity contribution in [1.29, 1.82) is 0 Å². The van der Waals surface area contributed by atoms with Crippen LogP contribution in [0.5, 0.6) is 0 Å². The molecule has 0 radical (unpaired) electrons. The topological polar surface area (TPSA) is 0 Å². The summed E-state index contributed by atoms with van der Waals surface area (Å²) in [6, 6.07) is 55.8. The van der Waals surface area contributed by atoms with Gasteiger partial charge >= 0.3 is 0 Å². The van der Waals surface area contributed by atoms with Gasteiger partial charge in [-0.3, -0.25) is 0 Å². The quantitative estimate of drug-likeness (QED) is 0.199. The third-order valence-corrected chi connectivity index (χ3v) is 12.0. The summed E-state index contributed by atoms with van der Waals surface area (Å²) in [5.74, 6) is 0. The minimum Gasteiger partial charge on any atom is -0.0622 e. The maximum absolute atomic E-state index is 2.34. The lowest BCUT2D eigenvalue weighted by atomic mass is 10.1. The summed E-state index contributed by atoms with van der Waals surface area (Å²) in [5, 5.41) is 5.85. The second kappa shape index (κ2) is 12.1. The van der Waals surface area contributed by atoms with Gasteiger partial charge in [-0.05, 0) is 60.9 Å². The molecule has 0 aromatic heterocycles. The highest BCUT2D eigenvalue weighted by molar-refractivity contribution is 7.77. The molecular formula is C33H30P2. The molecule has 0 nitrogen and oxygen atoms in total. The Morgan fingerprint density at radius 2 is 0.743 bits per heavy atom. The molecule has 2 heteroatoms. The number of hydrogen-bond donors (Lipinski definition) is 0. The molecule has 0 N–H and O–H groups in total. The van der Waals surface area contributed by atoms with Gasteiger partial charge in [0.1, 0.15) is 0 Å². The normalized spacial score (nSPS) is 12.1. The van der Waals surface area contributed by atoms with Crippen LogP contribution >= 0.6 is 15.8 Å². The van der Waals surface area contributed by atoms with Gasteiger partial charge in [0.05, 0.1) is 0 Å². The lowest BCUT2D eigenvalue weighted by Crippen LogP contribution is -2.29. The Morgan fingerprint density at radius 3 is 1.14 bits per heavy atom. The van der Waals surface area contributed by atoms with Crippen molar-refractivity contribution in [1.82, 2.24) is 0 Å².